The lowest BCUT2D eigenvalue weighted by atomic mass is 9.95. The highest BCUT2D eigenvalue weighted by atomic mass is 35.5. The van der Waals surface area contributed by atoms with Gasteiger partial charge in [0.25, 0.3) is 11.7 Å². The first-order chi connectivity index (χ1) is 13.8. The second-order valence-corrected chi connectivity index (χ2v) is 7.36. The lowest BCUT2D eigenvalue weighted by Gasteiger charge is -2.25. The van der Waals surface area contributed by atoms with Gasteiger partial charge in [0.1, 0.15) is 17.3 Å². The molecule has 0 aliphatic carbocycles. The Morgan fingerprint density at radius 1 is 1.14 bits per heavy atom. The van der Waals surface area contributed by atoms with Gasteiger partial charge in [0.05, 0.1) is 28.8 Å². The molecule has 2 aromatic rings. The maximum atomic E-state index is 12.8. The number of aliphatic hydroxyl groups is 1. The minimum Gasteiger partial charge on any atom is -0.507 e. The van der Waals surface area contributed by atoms with Gasteiger partial charge in [-0.25, -0.2) is 0 Å². The van der Waals surface area contributed by atoms with E-state index in [1.807, 2.05) is 6.92 Å². The highest BCUT2D eigenvalue weighted by Crippen LogP contribution is 2.42. The van der Waals surface area contributed by atoms with Crippen molar-refractivity contribution in [1.82, 2.24) is 4.90 Å². The molecule has 29 heavy (non-hydrogen) atoms. The van der Waals surface area contributed by atoms with Gasteiger partial charge < -0.3 is 19.8 Å². The number of methoxy groups -OCH3 is 1. The molecule has 1 fully saturated rings. The summed E-state index contributed by atoms with van der Waals surface area (Å²) in [6.45, 7) is 2.18. The molecule has 0 spiro atoms. The SMILES string of the molecule is CCCN1C(=O)C(=O)/C(=C(/O)c2cc(OC)ccc2Cl)C1c1ccc(O)c(Cl)c1. The van der Waals surface area contributed by atoms with Crippen molar-refractivity contribution in [3.8, 4) is 11.5 Å². The topological polar surface area (TPSA) is 87.1 Å². The Kier molecular flexibility index (Phi) is 6.05. The Morgan fingerprint density at radius 3 is 2.48 bits per heavy atom. The van der Waals surface area contributed by atoms with E-state index in [1.165, 1.54) is 36.3 Å². The van der Waals surface area contributed by atoms with E-state index in [-0.39, 0.29) is 26.9 Å². The van der Waals surface area contributed by atoms with Crippen LogP contribution in [0, 0.1) is 0 Å². The molecule has 1 atom stereocenters. The van der Waals surface area contributed by atoms with Gasteiger partial charge in [-0.3, -0.25) is 9.59 Å². The third kappa shape index (κ3) is 3.78. The van der Waals surface area contributed by atoms with Crippen molar-refractivity contribution in [3.05, 3.63) is 63.1 Å². The molecular formula is C21H19Cl2NO5. The maximum absolute atomic E-state index is 12.8. The molecule has 1 aliphatic rings. The van der Waals surface area contributed by atoms with E-state index < -0.39 is 23.5 Å². The number of carbonyl (C=O) groups is 2. The monoisotopic (exact) mass is 435 g/mol. The predicted octanol–water partition coefficient (Wildman–Crippen LogP) is 4.54. The Bertz CT molecular complexity index is 1020. The second-order valence-electron chi connectivity index (χ2n) is 6.55. The molecule has 0 radical (unpaired) electrons. The molecule has 0 saturated carbocycles. The zero-order valence-corrected chi connectivity index (χ0v) is 17.3. The number of aliphatic hydroxyl groups excluding tert-OH is 1. The largest absolute Gasteiger partial charge is 0.507 e. The smallest absolute Gasteiger partial charge is 0.295 e. The number of phenolic OH excluding ortho intramolecular Hbond substituents is 1. The van der Waals surface area contributed by atoms with E-state index in [0.29, 0.717) is 24.3 Å². The lowest BCUT2D eigenvalue weighted by Crippen LogP contribution is -2.30. The van der Waals surface area contributed by atoms with Gasteiger partial charge in [-0.1, -0.05) is 36.2 Å². The minimum absolute atomic E-state index is 0.0731. The van der Waals surface area contributed by atoms with Gasteiger partial charge in [0, 0.05) is 12.1 Å². The highest BCUT2D eigenvalue weighted by Gasteiger charge is 2.46. The number of halogens is 2. The molecule has 2 aromatic carbocycles. The molecule has 1 saturated heterocycles. The van der Waals surface area contributed by atoms with E-state index in [9.17, 15) is 19.8 Å². The number of amides is 1. The molecule has 2 N–H and O–H groups in total. The molecule has 152 valence electrons. The third-order valence-corrected chi connectivity index (χ3v) is 5.35. The van der Waals surface area contributed by atoms with Crippen LogP contribution >= 0.6 is 23.2 Å². The number of aromatic hydroxyl groups is 1. The minimum atomic E-state index is -0.865. The van der Waals surface area contributed by atoms with Crippen LogP contribution in [0.25, 0.3) is 5.76 Å². The Labute approximate surface area is 177 Å². The molecule has 6 nitrogen and oxygen atoms in total. The molecule has 0 aromatic heterocycles. The molecule has 1 amide bonds. The Morgan fingerprint density at radius 2 is 1.86 bits per heavy atom. The fraction of sp³-hybridized carbons (Fsp3) is 0.238. The molecule has 3 rings (SSSR count). The standard InChI is InChI=1S/C21H19Cl2NO5/c1-3-8-24-18(11-4-7-16(25)15(23)9-11)17(20(27)21(24)28)19(26)13-10-12(29-2)5-6-14(13)22/h4-7,9-10,18,25-26H,3,8H2,1-2H3/b19-17+. The number of Topliss-reactive ketones (excluding diaryl/α,β-unsaturated/α-hetero) is 1. The van der Waals surface area contributed by atoms with Gasteiger partial charge in [-0.15, -0.1) is 0 Å². The number of nitrogens with zero attached hydrogens (tertiary/aromatic N) is 1. The average molecular weight is 436 g/mol. The van der Waals surface area contributed by atoms with Crippen LogP contribution in [-0.4, -0.2) is 40.5 Å². The first kappa shape index (κ1) is 21.0. The van der Waals surface area contributed by atoms with Crippen LogP contribution in [0.3, 0.4) is 0 Å². The summed E-state index contributed by atoms with van der Waals surface area (Å²) in [5, 5.41) is 21.0. The molecule has 1 heterocycles. The van der Waals surface area contributed by atoms with Gasteiger partial charge in [0.2, 0.25) is 0 Å². The second kappa shape index (κ2) is 8.35. The number of rotatable bonds is 5. The van der Waals surface area contributed by atoms with Crippen molar-refractivity contribution in [2.45, 2.75) is 19.4 Å². The number of ether oxygens (including phenoxy) is 1. The number of carbonyl (C=O) groups excluding carboxylic acids is 2. The van der Waals surface area contributed by atoms with Crippen LogP contribution in [-0.2, 0) is 9.59 Å². The zero-order chi connectivity index (χ0) is 21.3. The van der Waals surface area contributed by atoms with E-state index >= 15 is 0 Å². The Balaban J connectivity index is 2.25. The van der Waals surface area contributed by atoms with Crippen LogP contribution in [0.1, 0.15) is 30.5 Å². The van der Waals surface area contributed by atoms with Crippen LogP contribution in [0.4, 0.5) is 0 Å². The van der Waals surface area contributed by atoms with Gasteiger partial charge in [-0.05, 0) is 42.3 Å². The summed E-state index contributed by atoms with van der Waals surface area (Å²) in [5.74, 6) is -1.63. The Hall–Kier alpha value is -2.70. The fourth-order valence-corrected chi connectivity index (χ4v) is 3.75. The first-order valence-corrected chi connectivity index (χ1v) is 9.66. The summed E-state index contributed by atoms with van der Waals surface area (Å²) in [6.07, 6.45) is 0.606. The summed E-state index contributed by atoms with van der Waals surface area (Å²) in [5.41, 5.74) is 0.566. The summed E-state index contributed by atoms with van der Waals surface area (Å²) < 4.78 is 5.17. The number of ketones is 1. The maximum Gasteiger partial charge on any atom is 0.295 e. The van der Waals surface area contributed by atoms with Crippen molar-refractivity contribution >= 4 is 40.7 Å². The van der Waals surface area contributed by atoms with Crippen molar-refractivity contribution in [3.63, 3.8) is 0 Å². The zero-order valence-electron chi connectivity index (χ0n) is 15.8. The normalized spacial score (nSPS) is 18.3. The summed E-state index contributed by atoms with van der Waals surface area (Å²) in [7, 11) is 1.46. The van der Waals surface area contributed by atoms with E-state index in [0.717, 1.165) is 0 Å². The van der Waals surface area contributed by atoms with E-state index in [2.05, 4.69) is 0 Å². The van der Waals surface area contributed by atoms with Crippen molar-refractivity contribution in [2.24, 2.45) is 0 Å². The molecule has 1 unspecified atom stereocenters. The third-order valence-electron chi connectivity index (χ3n) is 4.72. The molecular weight excluding hydrogens is 417 g/mol. The predicted molar refractivity (Wildman–Crippen MR) is 110 cm³/mol. The van der Waals surface area contributed by atoms with Gasteiger partial charge in [0.15, 0.2) is 0 Å². The number of benzene rings is 2. The van der Waals surface area contributed by atoms with Crippen molar-refractivity contribution in [2.75, 3.05) is 13.7 Å². The number of hydrogen-bond acceptors (Lipinski definition) is 5. The van der Waals surface area contributed by atoms with E-state index in [1.54, 1.807) is 12.1 Å². The molecule has 8 heteroatoms. The average Bonchev–Trinajstić information content (AvgIpc) is 2.95. The fourth-order valence-electron chi connectivity index (χ4n) is 3.35. The summed E-state index contributed by atoms with van der Waals surface area (Å²) >= 11 is 12.3. The summed E-state index contributed by atoms with van der Waals surface area (Å²) in [4.78, 5) is 26.9. The number of likely N-dealkylation sites (tertiary alicyclic amines) is 1. The van der Waals surface area contributed by atoms with Gasteiger partial charge >= 0.3 is 0 Å². The van der Waals surface area contributed by atoms with Crippen LogP contribution in [0.5, 0.6) is 11.5 Å². The van der Waals surface area contributed by atoms with Crippen molar-refractivity contribution < 1.29 is 24.5 Å². The lowest BCUT2D eigenvalue weighted by molar-refractivity contribution is -0.139. The highest BCUT2D eigenvalue weighted by molar-refractivity contribution is 6.47. The van der Waals surface area contributed by atoms with Crippen LogP contribution in [0.15, 0.2) is 42.0 Å². The molecule has 0 bridgehead atoms. The number of hydrogen-bond donors (Lipinski definition) is 2. The van der Waals surface area contributed by atoms with Gasteiger partial charge in [-0.2, -0.15) is 0 Å². The summed E-state index contributed by atoms with van der Waals surface area (Å²) in [6, 6.07) is 8.18. The van der Waals surface area contributed by atoms with Crippen molar-refractivity contribution in [1.29, 1.82) is 0 Å². The molecule has 1 aliphatic heterocycles. The number of phenols is 1. The van der Waals surface area contributed by atoms with Crippen LogP contribution in [0.2, 0.25) is 10.0 Å². The first-order valence-electron chi connectivity index (χ1n) is 8.90. The van der Waals surface area contributed by atoms with E-state index in [4.69, 9.17) is 27.9 Å². The van der Waals surface area contributed by atoms with Crippen LogP contribution < -0.4 is 4.74 Å². The quantitative estimate of drug-likeness (QED) is 0.408.